The summed E-state index contributed by atoms with van der Waals surface area (Å²) in [6, 6.07) is 5.18. The van der Waals surface area contributed by atoms with E-state index in [2.05, 4.69) is 30.6 Å². The van der Waals surface area contributed by atoms with E-state index in [9.17, 15) is 4.39 Å². The maximum absolute atomic E-state index is 13.9. The van der Waals surface area contributed by atoms with Crippen LogP contribution in [0.2, 0.25) is 0 Å². The van der Waals surface area contributed by atoms with Crippen molar-refractivity contribution in [1.29, 1.82) is 0 Å². The van der Waals surface area contributed by atoms with Crippen LogP contribution >= 0.6 is 0 Å². The Balaban J connectivity index is 2.53. The van der Waals surface area contributed by atoms with Crippen molar-refractivity contribution in [3.8, 4) is 0 Å². The van der Waals surface area contributed by atoms with E-state index in [0.29, 0.717) is 13.1 Å². The van der Waals surface area contributed by atoms with Gasteiger partial charge < -0.3 is 10.6 Å². The highest BCUT2D eigenvalue weighted by molar-refractivity contribution is 5.25. The van der Waals surface area contributed by atoms with Crippen molar-refractivity contribution in [3.63, 3.8) is 0 Å². The molecule has 0 aliphatic heterocycles. The summed E-state index contributed by atoms with van der Waals surface area (Å²) in [5.41, 5.74) is 7.38. The molecule has 21 heavy (non-hydrogen) atoms. The van der Waals surface area contributed by atoms with Crippen LogP contribution < -0.4 is 5.73 Å². The normalized spacial score (nSPS) is 11.6. The molecule has 3 nitrogen and oxygen atoms in total. The monoisotopic (exact) mass is 295 g/mol. The molecule has 120 valence electrons. The first kappa shape index (κ1) is 18.1. The van der Waals surface area contributed by atoms with E-state index in [0.717, 1.165) is 50.3 Å². The van der Waals surface area contributed by atoms with Crippen LogP contribution in [0.15, 0.2) is 18.2 Å². The summed E-state index contributed by atoms with van der Waals surface area (Å²) in [6.45, 7) is 12.9. The lowest BCUT2D eigenvalue weighted by molar-refractivity contribution is 0.236. The quantitative estimate of drug-likeness (QED) is 0.720. The van der Waals surface area contributed by atoms with E-state index in [1.807, 2.05) is 6.07 Å². The first-order chi connectivity index (χ1) is 10.1. The summed E-state index contributed by atoms with van der Waals surface area (Å²) >= 11 is 0. The minimum absolute atomic E-state index is 0.130. The fourth-order valence-electron chi connectivity index (χ4n) is 2.52. The number of rotatable bonds is 10. The molecule has 4 heteroatoms. The molecule has 0 saturated heterocycles. The molecule has 0 aliphatic rings. The van der Waals surface area contributed by atoms with Gasteiger partial charge in [-0.15, -0.1) is 0 Å². The molecule has 0 saturated carbocycles. The summed E-state index contributed by atoms with van der Waals surface area (Å²) in [5.74, 6) is -0.130. The van der Waals surface area contributed by atoms with Crippen molar-refractivity contribution < 1.29 is 4.39 Å². The Morgan fingerprint density at radius 2 is 1.62 bits per heavy atom. The zero-order chi connectivity index (χ0) is 15.7. The zero-order valence-corrected chi connectivity index (χ0v) is 13.7. The van der Waals surface area contributed by atoms with E-state index in [1.165, 1.54) is 6.07 Å². The van der Waals surface area contributed by atoms with Crippen molar-refractivity contribution >= 4 is 0 Å². The number of hydrogen-bond donors (Lipinski definition) is 1. The van der Waals surface area contributed by atoms with Crippen LogP contribution in [0.4, 0.5) is 4.39 Å². The fraction of sp³-hybridized carbons (Fsp3) is 0.647. The van der Waals surface area contributed by atoms with Crippen molar-refractivity contribution in [2.75, 3.05) is 32.7 Å². The Bertz CT molecular complexity index is 405. The summed E-state index contributed by atoms with van der Waals surface area (Å²) in [5, 5.41) is 0. The molecule has 0 amide bonds. The average Bonchev–Trinajstić information content (AvgIpc) is 2.52. The molecular formula is C17H30FN3. The predicted molar refractivity (Wildman–Crippen MR) is 87.6 cm³/mol. The van der Waals surface area contributed by atoms with Gasteiger partial charge in [-0.1, -0.05) is 32.9 Å². The van der Waals surface area contributed by atoms with Gasteiger partial charge in [0.25, 0.3) is 0 Å². The number of nitrogens with two attached hydrogens (primary N) is 1. The van der Waals surface area contributed by atoms with Crippen LogP contribution in [-0.2, 0) is 13.1 Å². The van der Waals surface area contributed by atoms with Crippen LogP contribution in [0.3, 0.4) is 0 Å². The highest BCUT2D eigenvalue weighted by atomic mass is 19.1. The molecule has 0 aliphatic carbocycles. The van der Waals surface area contributed by atoms with Gasteiger partial charge in [0, 0.05) is 18.7 Å². The molecule has 0 heterocycles. The van der Waals surface area contributed by atoms with Crippen LogP contribution in [0.5, 0.6) is 0 Å². The van der Waals surface area contributed by atoms with Crippen LogP contribution in [0, 0.1) is 5.82 Å². The van der Waals surface area contributed by atoms with Gasteiger partial charge in [-0.05, 0) is 50.8 Å². The summed E-state index contributed by atoms with van der Waals surface area (Å²) < 4.78 is 13.9. The fourth-order valence-corrected chi connectivity index (χ4v) is 2.52. The first-order valence-corrected chi connectivity index (χ1v) is 8.06. The number of hydrogen-bond acceptors (Lipinski definition) is 3. The highest BCUT2D eigenvalue weighted by Gasteiger charge is 2.09. The second kappa shape index (κ2) is 9.87. The lowest BCUT2D eigenvalue weighted by atomic mass is 10.1. The molecular weight excluding hydrogens is 265 g/mol. The molecule has 0 bridgehead atoms. The van der Waals surface area contributed by atoms with Crippen molar-refractivity contribution in [2.45, 2.75) is 40.3 Å². The third-order valence-corrected chi connectivity index (χ3v) is 4.03. The Kier molecular flexibility index (Phi) is 8.50. The third-order valence-electron chi connectivity index (χ3n) is 4.03. The SMILES string of the molecule is CCN(CC)CCCN(CC)Cc1cc(CN)ccc1F. The minimum atomic E-state index is -0.130. The molecule has 0 atom stereocenters. The molecule has 1 rings (SSSR count). The third kappa shape index (κ3) is 6.12. The van der Waals surface area contributed by atoms with Gasteiger partial charge >= 0.3 is 0 Å². The Morgan fingerprint density at radius 1 is 1.00 bits per heavy atom. The second-order valence-electron chi connectivity index (χ2n) is 5.38. The molecule has 0 radical (unpaired) electrons. The molecule has 1 aromatic rings. The lowest BCUT2D eigenvalue weighted by Gasteiger charge is -2.23. The van der Waals surface area contributed by atoms with Gasteiger partial charge in [0.15, 0.2) is 0 Å². The number of nitrogens with zero attached hydrogens (tertiary/aromatic N) is 2. The van der Waals surface area contributed by atoms with Crippen molar-refractivity contribution in [2.24, 2.45) is 5.73 Å². The van der Waals surface area contributed by atoms with Gasteiger partial charge in [-0.25, -0.2) is 4.39 Å². The van der Waals surface area contributed by atoms with Gasteiger partial charge in [0.2, 0.25) is 0 Å². The van der Waals surface area contributed by atoms with E-state index in [-0.39, 0.29) is 5.82 Å². The maximum Gasteiger partial charge on any atom is 0.127 e. The van der Waals surface area contributed by atoms with Gasteiger partial charge in [-0.2, -0.15) is 0 Å². The Hall–Kier alpha value is -0.970. The van der Waals surface area contributed by atoms with Gasteiger partial charge in [0.1, 0.15) is 5.82 Å². The van der Waals surface area contributed by atoms with Crippen LogP contribution in [-0.4, -0.2) is 42.5 Å². The predicted octanol–water partition coefficient (Wildman–Crippen LogP) is 2.84. The minimum Gasteiger partial charge on any atom is -0.326 e. The van der Waals surface area contributed by atoms with Crippen LogP contribution in [0.1, 0.15) is 38.3 Å². The van der Waals surface area contributed by atoms with E-state index < -0.39 is 0 Å². The molecule has 2 N–H and O–H groups in total. The van der Waals surface area contributed by atoms with E-state index >= 15 is 0 Å². The molecule has 0 unspecified atom stereocenters. The zero-order valence-electron chi connectivity index (χ0n) is 13.7. The Labute approximate surface area is 128 Å². The number of halogens is 1. The average molecular weight is 295 g/mol. The standard InChI is InChI=1S/C17H30FN3/c1-4-20(5-2)10-7-11-21(6-3)14-16-12-15(13-19)8-9-17(16)18/h8-9,12H,4-7,10-11,13-14,19H2,1-3H3. The topological polar surface area (TPSA) is 32.5 Å². The van der Waals surface area contributed by atoms with E-state index in [4.69, 9.17) is 5.73 Å². The lowest BCUT2D eigenvalue weighted by Crippen LogP contribution is -2.30. The molecule has 1 aromatic carbocycles. The van der Waals surface area contributed by atoms with Gasteiger partial charge in [-0.3, -0.25) is 4.90 Å². The smallest absolute Gasteiger partial charge is 0.127 e. The van der Waals surface area contributed by atoms with Crippen LogP contribution in [0.25, 0.3) is 0 Å². The van der Waals surface area contributed by atoms with Gasteiger partial charge in [0.05, 0.1) is 0 Å². The largest absolute Gasteiger partial charge is 0.326 e. The highest BCUT2D eigenvalue weighted by Crippen LogP contribution is 2.13. The van der Waals surface area contributed by atoms with E-state index in [1.54, 1.807) is 6.07 Å². The molecule has 0 spiro atoms. The summed E-state index contributed by atoms with van der Waals surface area (Å²) in [4.78, 5) is 4.71. The second-order valence-corrected chi connectivity index (χ2v) is 5.38. The van der Waals surface area contributed by atoms with Crippen molar-refractivity contribution in [1.82, 2.24) is 9.80 Å². The summed E-state index contributed by atoms with van der Waals surface area (Å²) in [6.07, 6.45) is 1.12. The summed E-state index contributed by atoms with van der Waals surface area (Å²) in [7, 11) is 0. The Morgan fingerprint density at radius 3 is 2.19 bits per heavy atom. The first-order valence-electron chi connectivity index (χ1n) is 8.06. The molecule has 0 aromatic heterocycles. The maximum atomic E-state index is 13.9. The molecule has 0 fully saturated rings. The number of benzene rings is 1. The van der Waals surface area contributed by atoms with Crippen molar-refractivity contribution in [3.05, 3.63) is 35.1 Å².